The highest BCUT2D eigenvalue weighted by molar-refractivity contribution is 7.98. The van der Waals surface area contributed by atoms with Crippen molar-refractivity contribution < 1.29 is 13.2 Å². The molecule has 0 atom stereocenters. The third-order valence-electron chi connectivity index (χ3n) is 4.20. The van der Waals surface area contributed by atoms with Gasteiger partial charge in [-0.25, -0.2) is 8.42 Å². The molecular weight excluding hydrogens is 440 g/mol. The first-order valence-electron chi connectivity index (χ1n) is 9.23. The van der Waals surface area contributed by atoms with Gasteiger partial charge in [0.2, 0.25) is 0 Å². The summed E-state index contributed by atoms with van der Waals surface area (Å²) in [6.07, 6.45) is 0. The summed E-state index contributed by atoms with van der Waals surface area (Å²) in [6.45, 7) is 0.524. The van der Waals surface area contributed by atoms with Gasteiger partial charge in [0, 0.05) is 34.3 Å². The van der Waals surface area contributed by atoms with Gasteiger partial charge in [-0.1, -0.05) is 48.0 Å². The molecule has 0 heterocycles. The summed E-state index contributed by atoms with van der Waals surface area (Å²) in [5.74, 6) is 1.34. The van der Waals surface area contributed by atoms with Gasteiger partial charge in [0.1, 0.15) is 0 Å². The van der Waals surface area contributed by atoms with Gasteiger partial charge in [0.05, 0.1) is 4.90 Å². The molecule has 8 heteroatoms. The van der Waals surface area contributed by atoms with Crippen LogP contribution in [0.5, 0.6) is 0 Å². The summed E-state index contributed by atoms with van der Waals surface area (Å²) in [5, 5.41) is 3.61. The highest BCUT2D eigenvalue weighted by Crippen LogP contribution is 2.20. The van der Waals surface area contributed by atoms with Crippen molar-refractivity contribution in [1.29, 1.82) is 0 Å². The Labute approximate surface area is 185 Å². The van der Waals surface area contributed by atoms with Crippen molar-refractivity contribution in [1.82, 2.24) is 5.32 Å². The first-order chi connectivity index (χ1) is 14.5. The molecular formula is C22H21ClN2O3S2. The molecule has 0 saturated heterocycles. The van der Waals surface area contributed by atoms with Crippen molar-refractivity contribution in [3.05, 3.63) is 95.0 Å². The largest absolute Gasteiger partial charge is 0.351 e. The zero-order chi connectivity index (χ0) is 21.4. The number of anilines is 1. The lowest BCUT2D eigenvalue weighted by molar-refractivity contribution is 0.0956. The molecule has 1 amide bonds. The lowest BCUT2D eigenvalue weighted by Gasteiger charge is -2.09. The Morgan fingerprint density at radius 2 is 1.57 bits per heavy atom. The topological polar surface area (TPSA) is 75.3 Å². The molecule has 0 aliphatic heterocycles. The van der Waals surface area contributed by atoms with Crippen LogP contribution in [0.3, 0.4) is 0 Å². The van der Waals surface area contributed by atoms with Crippen LogP contribution in [-0.2, 0) is 15.8 Å². The SMILES string of the molecule is O=C(NCCSCc1ccccc1Cl)c1ccc(NS(=O)(=O)c2ccccc2)cc1. The fourth-order valence-electron chi connectivity index (χ4n) is 2.64. The maximum Gasteiger partial charge on any atom is 0.261 e. The van der Waals surface area contributed by atoms with Gasteiger partial charge in [0.25, 0.3) is 15.9 Å². The molecule has 0 aliphatic carbocycles. The minimum absolute atomic E-state index is 0.182. The number of hydrogen-bond acceptors (Lipinski definition) is 4. The van der Waals surface area contributed by atoms with Crippen molar-refractivity contribution >= 4 is 45.0 Å². The van der Waals surface area contributed by atoms with Crippen LogP contribution >= 0.6 is 23.4 Å². The summed E-state index contributed by atoms with van der Waals surface area (Å²) < 4.78 is 27.2. The first-order valence-corrected chi connectivity index (χ1v) is 12.2. The lowest BCUT2D eigenvalue weighted by Crippen LogP contribution is -2.25. The van der Waals surface area contributed by atoms with E-state index < -0.39 is 10.0 Å². The molecule has 2 N–H and O–H groups in total. The maximum atomic E-state index is 12.3. The van der Waals surface area contributed by atoms with Crippen LogP contribution in [-0.4, -0.2) is 26.6 Å². The molecule has 0 saturated carbocycles. The number of carbonyl (C=O) groups is 1. The fourth-order valence-corrected chi connectivity index (χ4v) is 4.86. The Kier molecular flexibility index (Phi) is 7.79. The number of hydrogen-bond donors (Lipinski definition) is 2. The van der Waals surface area contributed by atoms with E-state index in [1.807, 2.05) is 24.3 Å². The average Bonchev–Trinajstić information content (AvgIpc) is 2.75. The summed E-state index contributed by atoms with van der Waals surface area (Å²) >= 11 is 7.82. The van der Waals surface area contributed by atoms with Gasteiger partial charge >= 0.3 is 0 Å². The standard InChI is InChI=1S/C22H21ClN2O3S2/c23-21-9-5-4-6-18(21)16-29-15-14-24-22(26)17-10-12-19(13-11-17)25-30(27,28)20-7-2-1-3-8-20/h1-13,25H,14-16H2,(H,24,26). The molecule has 0 bridgehead atoms. The van der Waals surface area contributed by atoms with E-state index in [0.29, 0.717) is 17.8 Å². The molecule has 0 radical (unpaired) electrons. The van der Waals surface area contributed by atoms with Crippen LogP contribution in [0.1, 0.15) is 15.9 Å². The van der Waals surface area contributed by atoms with Gasteiger partial charge in [-0.05, 0) is 48.0 Å². The summed E-state index contributed by atoms with van der Waals surface area (Å²) in [6, 6.07) is 22.1. The Hall–Kier alpha value is -2.48. The number of benzene rings is 3. The van der Waals surface area contributed by atoms with Crippen molar-refractivity contribution in [2.75, 3.05) is 17.0 Å². The molecule has 0 unspecified atom stereocenters. The predicted octanol–water partition coefficient (Wildman–Crippen LogP) is 4.80. The minimum Gasteiger partial charge on any atom is -0.351 e. The maximum absolute atomic E-state index is 12.3. The zero-order valence-electron chi connectivity index (χ0n) is 16.0. The molecule has 0 aliphatic rings. The predicted molar refractivity (Wildman–Crippen MR) is 124 cm³/mol. The Morgan fingerprint density at radius 3 is 2.27 bits per heavy atom. The fraction of sp³-hybridized carbons (Fsp3) is 0.136. The van der Waals surface area contributed by atoms with Crippen LogP contribution < -0.4 is 10.0 Å². The Balaban J connectivity index is 1.46. The molecule has 3 rings (SSSR count). The van der Waals surface area contributed by atoms with E-state index in [-0.39, 0.29) is 10.8 Å². The monoisotopic (exact) mass is 460 g/mol. The van der Waals surface area contributed by atoms with Gasteiger partial charge in [-0.15, -0.1) is 0 Å². The third-order valence-corrected chi connectivity index (χ3v) is 6.97. The van der Waals surface area contributed by atoms with Crippen LogP contribution in [0, 0.1) is 0 Å². The van der Waals surface area contributed by atoms with E-state index >= 15 is 0 Å². The molecule has 0 aromatic heterocycles. The van der Waals surface area contributed by atoms with Gasteiger partial charge < -0.3 is 5.32 Å². The van der Waals surface area contributed by atoms with E-state index in [1.165, 1.54) is 12.1 Å². The summed E-state index contributed by atoms with van der Waals surface area (Å²) in [7, 11) is -3.66. The van der Waals surface area contributed by atoms with Gasteiger partial charge in [-0.3, -0.25) is 9.52 Å². The molecule has 156 valence electrons. The normalized spacial score (nSPS) is 11.1. The summed E-state index contributed by atoms with van der Waals surface area (Å²) in [4.78, 5) is 12.5. The second kappa shape index (κ2) is 10.5. The van der Waals surface area contributed by atoms with E-state index in [9.17, 15) is 13.2 Å². The van der Waals surface area contributed by atoms with Crippen LogP contribution in [0.2, 0.25) is 5.02 Å². The molecule has 30 heavy (non-hydrogen) atoms. The average molecular weight is 461 g/mol. The Morgan fingerprint density at radius 1 is 0.900 bits per heavy atom. The lowest BCUT2D eigenvalue weighted by atomic mass is 10.2. The number of rotatable bonds is 9. The first kappa shape index (κ1) is 22.2. The number of sulfonamides is 1. The molecule has 3 aromatic rings. The van der Waals surface area contributed by atoms with Crippen molar-refractivity contribution in [3.8, 4) is 0 Å². The van der Waals surface area contributed by atoms with E-state index in [1.54, 1.807) is 54.2 Å². The van der Waals surface area contributed by atoms with E-state index in [4.69, 9.17) is 11.6 Å². The zero-order valence-corrected chi connectivity index (χ0v) is 18.4. The second-order valence-electron chi connectivity index (χ2n) is 6.40. The van der Waals surface area contributed by atoms with E-state index in [0.717, 1.165) is 22.1 Å². The summed E-state index contributed by atoms with van der Waals surface area (Å²) in [5.41, 5.74) is 1.93. The molecule has 5 nitrogen and oxygen atoms in total. The second-order valence-corrected chi connectivity index (χ2v) is 9.59. The molecule has 0 spiro atoms. The number of nitrogens with one attached hydrogen (secondary N) is 2. The van der Waals surface area contributed by atoms with Gasteiger partial charge in [0.15, 0.2) is 0 Å². The highest BCUT2D eigenvalue weighted by Gasteiger charge is 2.13. The molecule has 0 fully saturated rings. The highest BCUT2D eigenvalue weighted by atomic mass is 35.5. The quantitative estimate of drug-likeness (QED) is 0.449. The number of thioether (sulfide) groups is 1. The van der Waals surface area contributed by atoms with Crippen LogP contribution in [0.4, 0.5) is 5.69 Å². The van der Waals surface area contributed by atoms with E-state index in [2.05, 4.69) is 10.0 Å². The number of amides is 1. The third kappa shape index (κ3) is 6.26. The van der Waals surface area contributed by atoms with Crippen molar-refractivity contribution in [2.24, 2.45) is 0 Å². The Bertz CT molecular complexity index is 1090. The van der Waals surface area contributed by atoms with Crippen molar-refractivity contribution in [2.45, 2.75) is 10.6 Å². The van der Waals surface area contributed by atoms with Crippen LogP contribution in [0.15, 0.2) is 83.8 Å². The van der Waals surface area contributed by atoms with Crippen LogP contribution in [0.25, 0.3) is 0 Å². The number of halogens is 1. The number of carbonyl (C=O) groups excluding carboxylic acids is 1. The van der Waals surface area contributed by atoms with Gasteiger partial charge in [-0.2, -0.15) is 11.8 Å². The van der Waals surface area contributed by atoms with Crippen molar-refractivity contribution in [3.63, 3.8) is 0 Å². The minimum atomic E-state index is -3.66. The smallest absolute Gasteiger partial charge is 0.261 e. The molecule has 3 aromatic carbocycles.